The second-order valence-corrected chi connectivity index (χ2v) is 6.34. The molecule has 1 heterocycles. The van der Waals surface area contributed by atoms with E-state index in [1.165, 1.54) is 5.56 Å². The van der Waals surface area contributed by atoms with Gasteiger partial charge in [0.15, 0.2) is 0 Å². The molecule has 0 amide bonds. The molecule has 1 aliphatic carbocycles. The van der Waals surface area contributed by atoms with Gasteiger partial charge in [-0.25, -0.2) is 4.98 Å². The van der Waals surface area contributed by atoms with Crippen molar-refractivity contribution >= 4 is 28.6 Å². The monoisotopic (exact) mass is 396 g/mol. The van der Waals surface area contributed by atoms with Gasteiger partial charge in [0.25, 0.3) is 0 Å². The maximum atomic E-state index is 11.7. The predicted octanol–water partition coefficient (Wildman–Crippen LogP) is 3.36. The van der Waals surface area contributed by atoms with Crippen molar-refractivity contribution in [1.29, 1.82) is 0 Å². The molecule has 5 heteroatoms. The third kappa shape index (κ3) is 2.84. The van der Waals surface area contributed by atoms with Gasteiger partial charge in [-0.05, 0) is 47.4 Å². The Morgan fingerprint density at radius 2 is 2.14 bits per heavy atom. The van der Waals surface area contributed by atoms with Crippen molar-refractivity contribution in [2.75, 3.05) is 6.61 Å². The van der Waals surface area contributed by atoms with E-state index >= 15 is 0 Å². The van der Waals surface area contributed by atoms with Crippen LogP contribution in [0.5, 0.6) is 0 Å². The summed E-state index contributed by atoms with van der Waals surface area (Å²) in [4.78, 5) is 16.1. The van der Waals surface area contributed by atoms with Crippen molar-refractivity contribution in [2.24, 2.45) is 13.0 Å². The highest BCUT2D eigenvalue weighted by Gasteiger charge is 2.45. The molecule has 0 saturated heterocycles. The molecule has 3 rings (SSSR count). The molecule has 1 aromatic heterocycles. The van der Waals surface area contributed by atoms with Gasteiger partial charge in [0, 0.05) is 12.6 Å². The quantitative estimate of drug-likeness (QED) is 0.588. The van der Waals surface area contributed by atoms with Crippen LogP contribution in [-0.2, 0) is 16.6 Å². The molecule has 21 heavy (non-hydrogen) atoms. The molecule has 0 unspecified atom stereocenters. The van der Waals surface area contributed by atoms with Crippen molar-refractivity contribution in [2.45, 2.75) is 19.3 Å². The van der Waals surface area contributed by atoms with Crippen LogP contribution in [0.25, 0.3) is 11.3 Å². The number of hydrogen-bond acceptors (Lipinski definition) is 3. The second kappa shape index (κ2) is 5.79. The second-order valence-electron chi connectivity index (χ2n) is 5.32. The lowest BCUT2D eigenvalue weighted by Gasteiger charge is -2.04. The zero-order chi connectivity index (χ0) is 15.0. The first kappa shape index (κ1) is 14.6. The molecule has 1 aliphatic rings. The molecule has 0 spiro atoms. The van der Waals surface area contributed by atoms with Gasteiger partial charge in [-0.15, -0.1) is 0 Å². The highest BCUT2D eigenvalue weighted by atomic mass is 127. The molecular weight excluding hydrogens is 379 g/mol. The predicted molar refractivity (Wildman–Crippen MR) is 88.8 cm³/mol. The van der Waals surface area contributed by atoms with E-state index in [1.807, 2.05) is 24.9 Å². The van der Waals surface area contributed by atoms with Gasteiger partial charge in [-0.2, -0.15) is 0 Å². The van der Waals surface area contributed by atoms with E-state index in [-0.39, 0.29) is 11.9 Å². The van der Waals surface area contributed by atoms with E-state index in [9.17, 15) is 4.79 Å². The average molecular weight is 396 g/mol. The van der Waals surface area contributed by atoms with E-state index in [0.29, 0.717) is 12.5 Å². The van der Waals surface area contributed by atoms with Crippen molar-refractivity contribution in [3.63, 3.8) is 0 Å². The maximum Gasteiger partial charge on any atom is 0.309 e. The normalized spacial score (nSPS) is 20.3. The highest BCUT2D eigenvalue weighted by Crippen LogP contribution is 2.48. The minimum absolute atomic E-state index is 0.0470. The summed E-state index contributed by atoms with van der Waals surface area (Å²) in [6.45, 7) is 2.30. The van der Waals surface area contributed by atoms with Crippen LogP contribution in [0.15, 0.2) is 30.6 Å². The molecule has 2 atom stereocenters. The van der Waals surface area contributed by atoms with E-state index in [4.69, 9.17) is 4.74 Å². The number of aromatic nitrogens is 2. The number of esters is 1. The van der Waals surface area contributed by atoms with Gasteiger partial charge in [0.1, 0.15) is 9.39 Å². The van der Waals surface area contributed by atoms with Gasteiger partial charge in [-0.3, -0.25) is 4.79 Å². The Labute approximate surface area is 137 Å². The Bertz CT molecular complexity index is 663. The number of hydrogen-bond donors (Lipinski definition) is 0. The van der Waals surface area contributed by atoms with Gasteiger partial charge < -0.3 is 9.30 Å². The van der Waals surface area contributed by atoms with E-state index in [2.05, 4.69) is 51.8 Å². The summed E-state index contributed by atoms with van der Waals surface area (Å²) >= 11 is 2.30. The minimum Gasteiger partial charge on any atom is -0.466 e. The number of aryl methyl sites for hydroxylation is 1. The number of halogens is 1. The van der Waals surface area contributed by atoms with Crippen LogP contribution in [0.1, 0.15) is 24.8 Å². The summed E-state index contributed by atoms with van der Waals surface area (Å²) in [5, 5.41) is 0. The number of imidazole rings is 1. The molecule has 0 radical (unpaired) electrons. The molecule has 0 aliphatic heterocycles. The van der Waals surface area contributed by atoms with E-state index in [0.717, 1.165) is 21.4 Å². The van der Waals surface area contributed by atoms with Crippen molar-refractivity contribution in [3.8, 4) is 11.3 Å². The molecule has 1 fully saturated rings. The number of nitrogens with zero attached hydrogens (tertiary/aromatic N) is 2. The standard InChI is InChI=1S/C16H17IN2O2/c1-3-21-16(20)13-8-12(13)10-4-6-11(7-5-10)14-15(17)19(2)9-18-14/h4-7,9,12-13H,3,8H2,1-2H3/t12-,13+/m1/s1. The largest absolute Gasteiger partial charge is 0.466 e. The lowest BCUT2D eigenvalue weighted by molar-refractivity contribution is -0.144. The topological polar surface area (TPSA) is 44.1 Å². The first-order chi connectivity index (χ1) is 10.1. The van der Waals surface area contributed by atoms with Gasteiger partial charge >= 0.3 is 5.97 Å². The van der Waals surface area contributed by atoms with Crippen molar-refractivity contribution in [3.05, 3.63) is 39.9 Å². The van der Waals surface area contributed by atoms with Crippen molar-refractivity contribution < 1.29 is 9.53 Å². The first-order valence-electron chi connectivity index (χ1n) is 7.05. The number of ether oxygens (including phenoxy) is 1. The Morgan fingerprint density at radius 1 is 1.43 bits per heavy atom. The van der Waals surface area contributed by atoms with Crippen LogP contribution >= 0.6 is 22.6 Å². The zero-order valence-electron chi connectivity index (χ0n) is 12.0. The smallest absolute Gasteiger partial charge is 0.309 e. The van der Waals surface area contributed by atoms with Crippen LogP contribution in [0.2, 0.25) is 0 Å². The molecule has 4 nitrogen and oxygen atoms in total. The van der Waals surface area contributed by atoms with Crippen LogP contribution in [0.3, 0.4) is 0 Å². The fraction of sp³-hybridized carbons (Fsp3) is 0.375. The summed E-state index contributed by atoms with van der Waals surface area (Å²) in [7, 11) is 1.99. The molecule has 0 bridgehead atoms. The minimum atomic E-state index is -0.0640. The van der Waals surface area contributed by atoms with Gasteiger partial charge in [0.05, 0.1) is 18.9 Å². The van der Waals surface area contributed by atoms with Crippen LogP contribution in [0.4, 0.5) is 0 Å². The van der Waals surface area contributed by atoms with Crippen molar-refractivity contribution in [1.82, 2.24) is 9.55 Å². The SMILES string of the molecule is CCOC(=O)[C@H]1C[C@@H]1c1ccc(-c2ncn(C)c2I)cc1. The van der Waals surface area contributed by atoms with E-state index < -0.39 is 0 Å². The maximum absolute atomic E-state index is 11.7. The fourth-order valence-corrected chi connectivity index (χ4v) is 3.15. The lowest BCUT2D eigenvalue weighted by atomic mass is 10.1. The molecule has 1 aromatic carbocycles. The Morgan fingerprint density at radius 3 is 2.71 bits per heavy atom. The fourth-order valence-electron chi connectivity index (χ4n) is 2.57. The third-order valence-electron chi connectivity index (χ3n) is 3.86. The lowest BCUT2D eigenvalue weighted by Crippen LogP contribution is -2.07. The number of carbonyl (C=O) groups excluding carboxylic acids is 1. The molecule has 0 N–H and O–H groups in total. The molecule has 110 valence electrons. The van der Waals surface area contributed by atoms with Crippen LogP contribution < -0.4 is 0 Å². The molecular formula is C16H17IN2O2. The Kier molecular flexibility index (Phi) is 4.01. The molecule has 2 aromatic rings. The number of rotatable bonds is 4. The summed E-state index contributed by atoms with van der Waals surface area (Å²) in [6, 6.07) is 8.37. The Balaban J connectivity index is 1.74. The van der Waals surface area contributed by atoms with Gasteiger partial charge in [-0.1, -0.05) is 24.3 Å². The first-order valence-corrected chi connectivity index (χ1v) is 8.13. The summed E-state index contributed by atoms with van der Waals surface area (Å²) in [5.41, 5.74) is 3.32. The average Bonchev–Trinajstić information content (AvgIpc) is 3.22. The van der Waals surface area contributed by atoms with Gasteiger partial charge in [0.2, 0.25) is 0 Å². The highest BCUT2D eigenvalue weighted by molar-refractivity contribution is 14.1. The zero-order valence-corrected chi connectivity index (χ0v) is 14.2. The summed E-state index contributed by atoms with van der Waals surface area (Å²) < 4.78 is 8.20. The van der Waals surface area contributed by atoms with E-state index in [1.54, 1.807) is 0 Å². The summed E-state index contributed by atoms with van der Waals surface area (Å²) in [5.74, 6) is 0.303. The van der Waals surface area contributed by atoms with Crippen LogP contribution in [-0.4, -0.2) is 22.1 Å². The van der Waals surface area contributed by atoms with Crippen LogP contribution in [0, 0.1) is 9.62 Å². The number of benzene rings is 1. The Hall–Kier alpha value is -1.37. The number of carbonyl (C=O) groups is 1. The third-order valence-corrected chi connectivity index (χ3v) is 5.13. The summed E-state index contributed by atoms with van der Waals surface area (Å²) in [6.07, 6.45) is 2.72. The molecule has 1 saturated carbocycles.